The average Bonchev–Trinajstić information content (AvgIpc) is 3.53. The van der Waals surface area contributed by atoms with Crippen LogP contribution in [0.15, 0.2) is 30.5 Å². The predicted octanol–water partition coefficient (Wildman–Crippen LogP) is 4.61. The van der Waals surface area contributed by atoms with Gasteiger partial charge in [-0.1, -0.05) is 24.1 Å². The topological polar surface area (TPSA) is 66.4 Å². The highest BCUT2D eigenvalue weighted by Crippen LogP contribution is 2.41. The first-order valence-electron chi connectivity index (χ1n) is 14.1. The minimum atomic E-state index is -1.18. The summed E-state index contributed by atoms with van der Waals surface area (Å²) in [5, 5.41) is 4.19. The van der Waals surface area contributed by atoms with E-state index in [9.17, 15) is 13.2 Å². The molecule has 1 unspecified atom stereocenters. The molecule has 11 heteroatoms. The molecular formula is C31H28F4N6O. The Kier molecular flexibility index (Phi) is 6.63. The Bertz CT molecular complexity index is 1750. The van der Waals surface area contributed by atoms with Gasteiger partial charge < -0.3 is 15.0 Å². The van der Waals surface area contributed by atoms with Crippen LogP contribution in [0.25, 0.3) is 32.9 Å². The molecule has 2 atom stereocenters. The number of rotatable bonds is 5. The molecule has 42 heavy (non-hydrogen) atoms. The molecule has 0 aliphatic carbocycles. The Morgan fingerprint density at radius 3 is 2.76 bits per heavy atom. The Balaban J connectivity index is 1.37. The Morgan fingerprint density at radius 1 is 1.12 bits per heavy atom. The number of aromatic nitrogens is 3. The number of piperazine rings is 1. The molecule has 0 amide bonds. The lowest BCUT2D eigenvalue weighted by Gasteiger charge is -2.31. The summed E-state index contributed by atoms with van der Waals surface area (Å²) in [4.78, 5) is 17.7. The predicted molar refractivity (Wildman–Crippen MR) is 152 cm³/mol. The molecule has 2 aromatic carbocycles. The van der Waals surface area contributed by atoms with Gasteiger partial charge in [-0.05, 0) is 30.8 Å². The van der Waals surface area contributed by atoms with E-state index in [0.29, 0.717) is 42.6 Å². The molecule has 0 radical (unpaired) electrons. The summed E-state index contributed by atoms with van der Waals surface area (Å²) in [6.45, 7) is 4.10. The summed E-state index contributed by atoms with van der Waals surface area (Å²) in [6.07, 6.45) is 8.29. The van der Waals surface area contributed by atoms with E-state index >= 15 is 4.39 Å². The zero-order chi connectivity index (χ0) is 29.0. The van der Waals surface area contributed by atoms with Crippen LogP contribution in [0.1, 0.15) is 24.8 Å². The lowest BCUT2D eigenvalue weighted by molar-refractivity contribution is 0.107. The van der Waals surface area contributed by atoms with Crippen molar-refractivity contribution in [3.8, 4) is 29.6 Å². The van der Waals surface area contributed by atoms with Crippen LogP contribution in [0.5, 0.6) is 6.01 Å². The van der Waals surface area contributed by atoms with Gasteiger partial charge in [0.2, 0.25) is 0 Å². The molecular weight excluding hydrogens is 548 g/mol. The van der Waals surface area contributed by atoms with Crippen LogP contribution < -0.4 is 15.0 Å². The standard InChI is InChI=1S/C31H28F4N6O/c1-2-20-24-18(13-23(33)25(20)34)5-3-6-21(24)27-26(35)28-22(15-37-27)29(40-11-8-36-9-12-40)39-30(38-28)42-17-31-7-4-10-41(31)16-19(32)14-31/h1,3,5-6,13,15,19,36H,4,7-12,14,16-17H2/t19?,31-/m0/s1. The first kappa shape index (κ1) is 26.9. The van der Waals surface area contributed by atoms with Crippen LogP contribution in [0.3, 0.4) is 0 Å². The quantitative estimate of drug-likeness (QED) is 0.275. The highest BCUT2D eigenvalue weighted by Gasteiger charge is 2.49. The summed E-state index contributed by atoms with van der Waals surface area (Å²) in [5.41, 5.74) is -0.649. The number of fused-ring (bicyclic) bond motifs is 3. The van der Waals surface area contributed by atoms with E-state index in [1.165, 1.54) is 6.20 Å². The molecule has 7 nitrogen and oxygen atoms in total. The van der Waals surface area contributed by atoms with Gasteiger partial charge in [-0.2, -0.15) is 9.97 Å². The van der Waals surface area contributed by atoms with Crippen molar-refractivity contribution in [3.63, 3.8) is 0 Å². The van der Waals surface area contributed by atoms with Crippen molar-refractivity contribution < 1.29 is 22.3 Å². The van der Waals surface area contributed by atoms with E-state index < -0.39 is 29.2 Å². The van der Waals surface area contributed by atoms with E-state index in [1.54, 1.807) is 18.2 Å². The van der Waals surface area contributed by atoms with Crippen LogP contribution in [0.4, 0.5) is 23.4 Å². The van der Waals surface area contributed by atoms with E-state index in [4.69, 9.17) is 11.2 Å². The Labute approximate surface area is 239 Å². The zero-order valence-corrected chi connectivity index (χ0v) is 22.8. The van der Waals surface area contributed by atoms with Crippen molar-refractivity contribution >= 4 is 27.5 Å². The van der Waals surface area contributed by atoms with Crippen LogP contribution in [0, 0.1) is 29.8 Å². The van der Waals surface area contributed by atoms with Crippen molar-refractivity contribution in [2.75, 3.05) is 50.8 Å². The number of anilines is 1. The van der Waals surface area contributed by atoms with Crippen molar-refractivity contribution in [2.45, 2.75) is 31.0 Å². The number of ether oxygens (including phenoxy) is 1. The molecule has 3 aliphatic heterocycles. The van der Waals surface area contributed by atoms with Gasteiger partial charge >= 0.3 is 6.01 Å². The van der Waals surface area contributed by atoms with E-state index in [-0.39, 0.29) is 40.3 Å². The lowest BCUT2D eigenvalue weighted by atomic mass is 9.95. The Morgan fingerprint density at radius 2 is 1.95 bits per heavy atom. The zero-order valence-electron chi connectivity index (χ0n) is 22.8. The van der Waals surface area contributed by atoms with Crippen molar-refractivity contribution in [1.82, 2.24) is 25.2 Å². The molecule has 1 N–H and O–H groups in total. The van der Waals surface area contributed by atoms with Gasteiger partial charge in [0.15, 0.2) is 17.5 Å². The minimum absolute atomic E-state index is 0.00837. The van der Waals surface area contributed by atoms with Crippen molar-refractivity contribution in [2.24, 2.45) is 0 Å². The number of alkyl halides is 1. The Hall–Kier alpha value is -4.01. The fourth-order valence-corrected chi connectivity index (χ4v) is 6.77. The second-order valence-electron chi connectivity index (χ2n) is 11.2. The van der Waals surface area contributed by atoms with Crippen LogP contribution in [0.2, 0.25) is 0 Å². The highest BCUT2D eigenvalue weighted by atomic mass is 19.2. The SMILES string of the molecule is C#Cc1c(F)c(F)cc2cccc(-c3ncc4c(N5CCNCC5)nc(OC[C@@]56CCCN5CC(F)C6)nc4c3F)c12. The van der Waals surface area contributed by atoms with Gasteiger partial charge in [0.25, 0.3) is 0 Å². The number of benzene rings is 2. The van der Waals surface area contributed by atoms with Crippen LogP contribution in [-0.4, -0.2) is 77.4 Å². The maximum Gasteiger partial charge on any atom is 0.319 e. The molecule has 3 fully saturated rings. The summed E-state index contributed by atoms with van der Waals surface area (Å²) >= 11 is 0. The molecule has 3 aliphatic rings. The minimum Gasteiger partial charge on any atom is -0.461 e. The third-order valence-electron chi connectivity index (χ3n) is 8.75. The lowest BCUT2D eigenvalue weighted by Crippen LogP contribution is -2.44. The summed E-state index contributed by atoms with van der Waals surface area (Å²) < 4.78 is 66.0. The number of nitrogens with one attached hydrogen (secondary N) is 1. The van der Waals surface area contributed by atoms with Gasteiger partial charge in [-0.3, -0.25) is 9.88 Å². The van der Waals surface area contributed by atoms with Crippen molar-refractivity contribution in [3.05, 3.63) is 53.5 Å². The van der Waals surface area contributed by atoms with Gasteiger partial charge in [0.1, 0.15) is 29.8 Å². The van der Waals surface area contributed by atoms with Gasteiger partial charge in [0.05, 0.1) is 16.5 Å². The number of nitrogens with zero attached hydrogens (tertiary/aromatic N) is 5. The van der Waals surface area contributed by atoms with Gasteiger partial charge in [0, 0.05) is 56.3 Å². The van der Waals surface area contributed by atoms with Gasteiger partial charge in [-0.15, -0.1) is 6.42 Å². The largest absolute Gasteiger partial charge is 0.461 e. The summed E-state index contributed by atoms with van der Waals surface area (Å²) in [7, 11) is 0. The number of halogens is 4. The maximum absolute atomic E-state index is 16.5. The number of hydrogen-bond donors (Lipinski definition) is 1. The third kappa shape index (κ3) is 4.32. The number of hydrogen-bond acceptors (Lipinski definition) is 7. The summed E-state index contributed by atoms with van der Waals surface area (Å²) in [5.74, 6) is -0.326. The van der Waals surface area contributed by atoms with Crippen LogP contribution >= 0.6 is 0 Å². The first-order chi connectivity index (χ1) is 20.4. The smallest absolute Gasteiger partial charge is 0.319 e. The molecule has 5 heterocycles. The molecule has 0 saturated carbocycles. The second-order valence-corrected chi connectivity index (χ2v) is 11.2. The first-order valence-corrected chi connectivity index (χ1v) is 14.1. The fraction of sp³-hybridized carbons (Fsp3) is 0.387. The highest BCUT2D eigenvalue weighted by molar-refractivity contribution is 6.02. The molecule has 7 rings (SSSR count). The summed E-state index contributed by atoms with van der Waals surface area (Å²) in [6, 6.07) is 5.77. The molecule has 0 spiro atoms. The normalized spacial score (nSPS) is 22.5. The second kappa shape index (κ2) is 10.4. The molecule has 3 saturated heterocycles. The molecule has 4 aromatic rings. The maximum atomic E-state index is 16.5. The molecule has 2 aromatic heterocycles. The monoisotopic (exact) mass is 576 g/mol. The molecule has 0 bridgehead atoms. The van der Waals surface area contributed by atoms with Crippen molar-refractivity contribution in [1.29, 1.82) is 0 Å². The van der Waals surface area contributed by atoms with E-state index in [2.05, 4.69) is 31.1 Å². The van der Waals surface area contributed by atoms with E-state index in [1.807, 2.05) is 4.90 Å². The fourth-order valence-electron chi connectivity index (χ4n) is 6.77. The number of terminal acetylenes is 1. The van der Waals surface area contributed by atoms with Gasteiger partial charge in [-0.25, -0.2) is 17.6 Å². The number of pyridine rings is 1. The third-order valence-corrected chi connectivity index (χ3v) is 8.75. The van der Waals surface area contributed by atoms with E-state index in [0.717, 1.165) is 38.5 Å². The molecule has 216 valence electrons. The van der Waals surface area contributed by atoms with Crippen LogP contribution in [-0.2, 0) is 0 Å². The average molecular weight is 577 g/mol.